The first kappa shape index (κ1) is 13.4. The third kappa shape index (κ3) is 2.65. The highest BCUT2D eigenvalue weighted by molar-refractivity contribution is 5.86. The largest absolute Gasteiger partial charge is 0.340 e. The highest BCUT2D eigenvalue weighted by Crippen LogP contribution is 2.39. The van der Waals surface area contributed by atoms with E-state index in [-0.39, 0.29) is 5.91 Å². The molecule has 3 fully saturated rings. The van der Waals surface area contributed by atoms with Gasteiger partial charge in [-0.2, -0.15) is 0 Å². The molecule has 3 aliphatic rings. The number of hydrogen-bond acceptors (Lipinski definition) is 3. The lowest BCUT2D eigenvalue weighted by atomic mass is 9.93. The minimum Gasteiger partial charge on any atom is -0.340 e. The van der Waals surface area contributed by atoms with E-state index in [2.05, 4.69) is 4.90 Å². The molecular weight excluding hydrogens is 238 g/mol. The van der Waals surface area contributed by atoms with Crippen LogP contribution in [0.3, 0.4) is 0 Å². The van der Waals surface area contributed by atoms with Crippen LogP contribution in [0.1, 0.15) is 45.4 Å². The van der Waals surface area contributed by atoms with E-state index < -0.39 is 5.54 Å². The van der Waals surface area contributed by atoms with Gasteiger partial charge in [-0.1, -0.05) is 0 Å². The van der Waals surface area contributed by atoms with Crippen LogP contribution in [-0.4, -0.2) is 53.5 Å². The van der Waals surface area contributed by atoms with Gasteiger partial charge in [-0.05, 0) is 64.5 Å². The topological polar surface area (TPSA) is 49.6 Å². The number of likely N-dealkylation sites (tertiary alicyclic amines) is 2. The summed E-state index contributed by atoms with van der Waals surface area (Å²) in [6.07, 6.45) is 7.27. The Bertz CT molecular complexity index is 345. The molecule has 2 heterocycles. The first-order valence-corrected chi connectivity index (χ1v) is 7.91. The minimum atomic E-state index is -0.618. The van der Waals surface area contributed by atoms with Gasteiger partial charge in [0.05, 0.1) is 5.54 Å². The molecule has 0 radical (unpaired) electrons. The van der Waals surface area contributed by atoms with Crippen molar-refractivity contribution in [3.05, 3.63) is 0 Å². The lowest BCUT2D eigenvalue weighted by molar-refractivity contribution is -0.139. The third-order valence-electron chi connectivity index (χ3n) is 5.23. The molecule has 1 amide bonds. The molecule has 3 rings (SSSR count). The van der Waals surface area contributed by atoms with Gasteiger partial charge >= 0.3 is 0 Å². The summed E-state index contributed by atoms with van der Waals surface area (Å²) in [7, 11) is 0. The number of amides is 1. The summed E-state index contributed by atoms with van der Waals surface area (Å²) in [4.78, 5) is 17.3. The van der Waals surface area contributed by atoms with Crippen molar-refractivity contribution in [2.75, 3.05) is 26.2 Å². The summed E-state index contributed by atoms with van der Waals surface area (Å²) in [5, 5.41) is 0. The Balaban J connectivity index is 1.62. The Morgan fingerprint density at radius 3 is 2.42 bits per heavy atom. The molecule has 108 valence electrons. The van der Waals surface area contributed by atoms with Gasteiger partial charge in [0.2, 0.25) is 5.91 Å². The van der Waals surface area contributed by atoms with Crippen LogP contribution in [0.5, 0.6) is 0 Å². The zero-order valence-corrected chi connectivity index (χ0v) is 12.1. The molecule has 2 N–H and O–H groups in total. The number of piperidine rings is 1. The van der Waals surface area contributed by atoms with Gasteiger partial charge in [-0.15, -0.1) is 0 Å². The maximum absolute atomic E-state index is 12.6. The number of nitrogens with two attached hydrogens (primary N) is 1. The van der Waals surface area contributed by atoms with Crippen LogP contribution < -0.4 is 5.73 Å². The van der Waals surface area contributed by atoms with E-state index >= 15 is 0 Å². The molecule has 0 aromatic rings. The minimum absolute atomic E-state index is 0.193. The first-order chi connectivity index (χ1) is 9.09. The van der Waals surface area contributed by atoms with E-state index in [4.69, 9.17) is 5.73 Å². The number of nitrogens with zero attached hydrogens (tertiary/aromatic N) is 2. The van der Waals surface area contributed by atoms with Crippen molar-refractivity contribution in [3.8, 4) is 0 Å². The van der Waals surface area contributed by atoms with Crippen molar-refractivity contribution < 1.29 is 4.79 Å². The summed E-state index contributed by atoms with van der Waals surface area (Å²) in [6.45, 7) is 6.18. The van der Waals surface area contributed by atoms with E-state index in [0.29, 0.717) is 12.0 Å². The van der Waals surface area contributed by atoms with Crippen LogP contribution in [0.2, 0.25) is 0 Å². The maximum Gasteiger partial charge on any atom is 0.242 e. The quantitative estimate of drug-likeness (QED) is 0.834. The predicted molar refractivity (Wildman–Crippen MR) is 75.7 cm³/mol. The molecule has 2 unspecified atom stereocenters. The van der Waals surface area contributed by atoms with Gasteiger partial charge in [0, 0.05) is 19.1 Å². The number of carbonyl (C=O) groups is 1. The average Bonchev–Trinajstić information content (AvgIpc) is 3.15. The van der Waals surface area contributed by atoms with Gasteiger partial charge in [-0.3, -0.25) is 9.69 Å². The molecule has 4 heteroatoms. The van der Waals surface area contributed by atoms with Crippen LogP contribution in [0.4, 0.5) is 0 Å². The fourth-order valence-electron chi connectivity index (χ4n) is 3.74. The smallest absolute Gasteiger partial charge is 0.242 e. The molecule has 0 aromatic heterocycles. The number of carbonyl (C=O) groups excluding carboxylic acids is 1. The second-order valence-electron chi connectivity index (χ2n) is 6.85. The van der Waals surface area contributed by atoms with Gasteiger partial charge in [0.25, 0.3) is 0 Å². The van der Waals surface area contributed by atoms with Crippen LogP contribution in [0.15, 0.2) is 0 Å². The van der Waals surface area contributed by atoms with Gasteiger partial charge < -0.3 is 10.6 Å². The monoisotopic (exact) mass is 265 g/mol. The fraction of sp³-hybridized carbons (Fsp3) is 0.933. The first-order valence-electron chi connectivity index (χ1n) is 7.91. The summed E-state index contributed by atoms with van der Waals surface area (Å²) >= 11 is 0. The van der Waals surface area contributed by atoms with Crippen molar-refractivity contribution in [2.45, 2.75) is 57.0 Å². The van der Waals surface area contributed by atoms with Crippen LogP contribution >= 0.6 is 0 Å². The van der Waals surface area contributed by atoms with Gasteiger partial charge in [0.1, 0.15) is 0 Å². The highest BCUT2D eigenvalue weighted by atomic mass is 16.2. The van der Waals surface area contributed by atoms with E-state index in [0.717, 1.165) is 32.4 Å². The zero-order chi connectivity index (χ0) is 13.5. The molecule has 0 spiro atoms. The Kier molecular flexibility index (Phi) is 3.56. The van der Waals surface area contributed by atoms with Gasteiger partial charge in [-0.25, -0.2) is 0 Å². The number of hydrogen-bond donors (Lipinski definition) is 1. The van der Waals surface area contributed by atoms with Crippen LogP contribution in [0.25, 0.3) is 0 Å². The molecule has 1 aliphatic carbocycles. The third-order valence-corrected chi connectivity index (χ3v) is 5.23. The Morgan fingerprint density at radius 2 is 1.79 bits per heavy atom. The van der Waals surface area contributed by atoms with E-state index in [1.807, 2.05) is 11.8 Å². The normalized spacial score (nSPS) is 32.3. The Morgan fingerprint density at radius 1 is 1.11 bits per heavy atom. The van der Waals surface area contributed by atoms with Crippen molar-refractivity contribution in [2.24, 2.45) is 11.7 Å². The number of rotatable bonds is 3. The molecule has 4 nitrogen and oxygen atoms in total. The second-order valence-corrected chi connectivity index (χ2v) is 6.85. The van der Waals surface area contributed by atoms with Crippen molar-refractivity contribution in [1.29, 1.82) is 0 Å². The SMILES string of the molecule is CC(N)(C(=O)N1CCCC(N2CCCC2)C1)C1CC1. The molecule has 0 aromatic carbocycles. The fourth-order valence-corrected chi connectivity index (χ4v) is 3.74. The summed E-state index contributed by atoms with van der Waals surface area (Å²) < 4.78 is 0. The van der Waals surface area contributed by atoms with Gasteiger partial charge in [0.15, 0.2) is 0 Å². The molecule has 2 aliphatic heterocycles. The van der Waals surface area contributed by atoms with Crippen molar-refractivity contribution in [1.82, 2.24) is 9.80 Å². The molecular formula is C15H27N3O. The molecule has 19 heavy (non-hydrogen) atoms. The zero-order valence-electron chi connectivity index (χ0n) is 12.1. The van der Waals surface area contributed by atoms with E-state index in [1.54, 1.807) is 0 Å². The standard InChI is InChI=1S/C15H27N3O/c1-15(16,12-6-7-12)14(19)18-10-4-5-13(11-18)17-8-2-3-9-17/h12-13H,2-11,16H2,1H3. The van der Waals surface area contributed by atoms with Crippen LogP contribution in [0, 0.1) is 5.92 Å². The summed E-state index contributed by atoms with van der Waals surface area (Å²) in [5.74, 6) is 0.617. The lowest BCUT2D eigenvalue weighted by Gasteiger charge is -2.40. The molecule has 2 atom stereocenters. The summed E-state index contributed by atoms with van der Waals surface area (Å²) in [6, 6.07) is 0.579. The molecule has 1 saturated carbocycles. The van der Waals surface area contributed by atoms with E-state index in [1.165, 1.54) is 32.4 Å². The second kappa shape index (κ2) is 5.06. The lowest BCUT2D eigenvalue weighted by Crippen LogP contribution is -2.59. The molecule has 0 bridgehead atoms. The Labute approximate surface area is 116 Å². The van der Waals surface area contributed by atoms with Crippen molar-refractivity contribution >= 4 is 5.91 Å². The average molecular weight is 265 g/mol. The maximum atomic E-state index is 12.6. The Hall–Kier alpha value is -0.610. The predicted octanol–water partition coefficient (Wildman–Crippen LogP) is 1.20. The molecule has 2 saturated heterocycles. The highest BCUT2D eigenvalue weighted by Gasteiger charge is 2.46. The van der Waals surface area contributed by atoms with E-state index in [9.17, 15) is 4.79 Å². The van der Waals surface area contributed by atoms with Crippen molar-refractivity contribution in [3.63, 3.8) is 0 Å². The van der Waals surface area contributed by atoms with Crippen LogP contribution in [-0.2, 0) is 4.79 Å². The summed E-state index contributed by atoms with van der Waals surface area (Å²) in [5.41, 5.74) is 5.67.